The average Bonchev–Trinajstić information content (AvgIpc) is 2.27. The lowest BCUT2D eigenvalue weighted by Gasteiger charge is -2.07. The van der Waals surface area contributed by atoms with Crippen molar-refractivity contribution in [1.29, 1.82) is 0 Å². The van der Waals surface area contributed by atoms with E-state index in [1.165, 1.54) is 24.5 Å². The van der Waals surface area contributed by atoms with E-state index in [0.29, 0.717) is 16.5 Å². The maximum atomic E-state index is 13.4. The Kier molecular flexibility index (Phi) is 3.55. The second kappa shape index (κ2) is 4.92. The molecule has 1 heterocycles. The molecule has 0 bridgehead atoms. The molecule has 3 nitrogen and oxygen atoms in total. The highest BCUT2D eigenvalue weighted by Gasteiger charge is 2.06. The van der Waals surface area contributed by atoms with Crippen LogP contribution in [0.15, 0.2) is 30.7 Å². The Morgan fingerprint density at radius 1 is 1.38 bits per heavy atom. The first-order chi connectivity index (χ1) is 7.66. The molecule has 0 unspecified atom stereocenters. The number of halogens is 3. The van der Waals surface area contributed by atoms with E-state index in [9.17, 15) is 4.39 Å². The third-order valence-electron chi connectivity index (χ3n) is 1.85. The number of nitrogens with zero attached hydrogens (tertiary/aromatic N) is 2. The van der Waals surface area contributed by atoms with Crippen molar-refractivity contribution in [2.24, 2.45) is 0 Å². The molecule has 2 aromatic rings. The summed E-state index contributed by atoms with van der Waals surface area (Å²) < 4.78 is 14.2. The van der Waals surface area contributed by atoms with Gasteiger partial charge in [-0.15, -0.1) is 0 Å². The Labute approximate surface area is 110 Å². The summed E-state index contributed by atoms with van der Waals surface area (Å²) in [5.74, 6) is 0.176. The number of nitrogens with one attached hydrogen (secondary N) is 1. The molecule has 0 atom stereocenters. The molecule has 16 heavy (non-hydrogen) atoms. The van der Waals surface area contributed by atoms with Crippen molar-refractivity contribution in [2.75, 3.05) is 5.32 Å². The number of anilines is 2. The van der Waals surface area contributed by atoms with E-state index in [-0.39, 0.29) is 5.82 Å². The largest absolute Gasteiger partial charge is 0.337 e. The summed E-state index contributed by atoms with van der Waals surface area (Å²) in [5.41, 5.74) is 0.295. The highest BCUT2D eigenvalue weighted by molar-refractivity contribution is 14.1. The molecule has 0 amide bonds. The van der Waals surface area contributed by atoms with Crippen LogP contribution in [0.4, 0.5) is 15.9 Å². The standard InChI is InChI=1S/C10H6ClFIN3/c11-6-1-2-7(12)9(3-6)16-10-8(13)4-14-5-15-10/h1-5H,(H,14,15,16). The summed E-state index contributed by atoms with van der Waals surface area (Å²) in [6, 6.07) is 4.31. The van der Waals surface area contributed by atoms with E-state index in [0.717, 1.165) is 3.57 Å². The van der Waals surface area contributed by atoms with Crippen LogP contribution in [0.25, 0.3) is 0 Å². The highest BCUT2D eigenvalue weighted by atomic mass is 127. The molecule has 2 rings (SSSR count). The summed E-state index contributed by atoms with van der Waals surface area (Å²) in [7, 11) is 0. The molecule has 1 aromatic heterocycles. The first kappa shape index (κ1) is 11.5. The predicted molar refractivity (Wildman–Crippen MR) is 69.4 cm³/mol. The molecule has 0 aliphatic heterocycles. The van der Waals surface area contributed by atoms with Gasteiger partial charge in [-0.25, -0.2) is 14.4 Å². The smallest absolute Gasteiger partial charge is 0.147 e. The maximum absolute atomic E-state index is 13.4. The Hall–Kier alpha value is -0.950. The van der Waals surface area contributed by atoms with Gasteiger partial charge in [0.1, 0.15) is 18.0 Å². The van der Waals surface area contributed by atoms with Gasteiger partial charge < -0.3 is 5.32 Å². The number of aromatic nitrogens is 2. The van der Waals surface area contributed by atoms with Crippen LogP contribution in [0.3, 0.4) is 0 Å². The van der Waals surface area contributed by atoms with Crippen molar-refractivity contribution in [2.45, 2.75) is 0 Å². The van der Waals surface area contributed by atoms with Gasteiger partial charge in [-0.1, -0.05) is 11.6 Å². The summed E-state index contributed by atoms with van der Waals surface area (Å²) in [5, 5.41) is 3.33. The molecule has 0 fully saturated rings. The van der Waals surface area contributed by atoms with Crippen LogP contribution >= 0.6 is 34.2 Å². The van der Waals surface area contributed by atoms with Gasteiger partial charge in [0.15, 0.2) is 0 Å². The fourth-order valence-corrected chi connectivity index (χ4v) is 1.73. The van der Waals surface area contributed by atoms with Crippen molar-refractivity contribution >= 4 is 45.7 Å². The van der Waals surface area contributed by atoms with Crippen molar-refractivity contribution in [1.82, 2.24) is 9.97 Å². The number of hydrogen-bond donors (Lipinski definition) is 1. The third-order valence-corrected chi connectivity index (χ3v) is 2.87. The Morgan fingerprint density at radius 3 is 2.94 bits per heavy atom. The number of hydrogen-bond acceptors (Lipinski definition) is 3. The minimum Gasteiger partial charge on any atom is -0.337 e. The lowest BCUT2D eigenvalue weighted by atomic mass is 10.3. The van der Waals surface area contributed by atoms with E-state index in [1.807, 2.05) is 0 Å². The Balaban J connectivity index is 2.34. The topological polar surface area (TPSA) is 37.8 Å². The van der Waals surface area contributed by atoms with Gasteiger partial charge in [0.2, 0.25) is 0 Å². The van der Waals surface area contributed by atoms with Gasteiger partial charge in [-0.2, -0.15) is 0 Å². The summed E-state index contributed by atoms with van der Waals surface area (Å²) in [4.78, 5) is 7.85. The van der Waals surface area contributed by atoms with Gasteiger partial charge in [0.05, 0.1) is 9.26 Å². The van der Waals surface area contributed by atoms with Gasteiger partial charge in [0, 0.05) is 11.2 Å². The van der Waals surface area contributed by atoms with Crippen LogP contribution in [0, 0.1) is 9.39 Å². The Morgan fingerprint density at radius 2 is 2.19 bits per heavy atom. The van der Waals surface area contributed by atoms with Crippen LogP contribution in [0.2, 0.25) is 5.02 Å². The normalized spacial score (nSPS) is 10.2. The summed E-state index contributed by atoms with van der Waals surface area (Å²) >= 11 is 7.85. The number of benzene rings is 1. The lowest BCUT2D eigenvalue weighted by molar-refractivity contribution is 0.632. The maximum Gasteiger partial charge on any atom is 0.147 e. The molecule has 0 aliphatic carbocycles. The van der Waals surface area contributed by atoms with Gasteiger partial charge in [0.25, 0.3) is 0 Å². The summed E-state index contributed by atoms with van der Waals surface area (Å²) in [6.07, 6.45) is 3.03. The zero-order chi connectivity index (χ0) is 11.5. The van der Waals surface area contributed by atoms with Crippen molar-refractivity contribution in [3.8, 4) is 0 Å². The first-order valence-electron chi connectivity index (χ1n) is 4.34. The molecule has 0 radical (unpaired) electrons. The molecule has 6 heteroatoms. The molecule has 0 aliphatic rings. The van der Waals surface area contributed by atoms with E-state index in [2.05, 4.69) is 37.9 Å². The average molecular weight is 350 g/mol. The highest BCUT2D eigenvalue weighted by Crippen LogP contribution is 2.24. The summed E-state index contributed by atoms with van der Waals surface area (Å²) in [6.45, 7) is 0. The van der Waals surface area contributed by atoms with Gasteiger partial charge in [-0.3, -0.25) is 0 Å². The second-order valence-electron chi connectivity index (χ2n) is 2.97. The zero-order valence-electron chi connectivity index (χ0n) is 7.92. The van der Waals surface area contributed by atoms with Crippen LogP contribution in [0.1, 0.15) is 0 Å². The monoisotopic (exact) mass is 349 g/mol. The minimum absolute atomic E-state index is 0.295. The van der Waals surface area contributed by atoms with E-state index >= 15 is 0 Å². The molecule has 1 aromatic carbocycles. The van der Waals surface area contributed by atoms with Crippen LogP contribution in [-0.4, -0.2) is 9.97 Å². The Bertz CT molecular complexity index is 521. The fraction of sp³-hybridized carbons (Fsp3) is 0. The van der Waals surface area contributed by atoms with Crippen molar-refractivity contribution < 1.29 is 4.39 Å². The molecule has 82 valence electrons. The molecular formula is C10H6ClFIN3. The number of rotatable bonds is 2. The van der Waals surface area contributed by atoms with Crippen molar-refractivity contribution in [3.05, 3.63) is 45.1 Å². The van der Waals surface area contributed by atoms with Crippen LogP contribution in [-0.2, 0) is 0 Å². The van der Waals surface area contributed by atoms with Crippen LogP contribution in [0.5, 0.6) is 0 Å². The van der Waals surface area contributed by atoms with E-state index in [1.54, 1.807) is 6.20 Å². The van der Waals surface area contributed by atoms with Gasteiger partial charge in [-0.05, 0) is 40.8 Å². The minimum atomic E-state index is -0.376. The van der Waals surface area contributed by atoms with E-state index < -0.39 is 0 Å². The SMILES string of the molecule is Fc1ccc(Cl)cc1Nc1ncncc1I. The quantitative estimate of drug-likeness (QED) is 0.842. The third kappa shape index (κ3) is 2.59. The zero-order valence-corrected chi connectivity index (χ0v) is 10.8. The molecular weight excluding hydrogens is 343 g/mol. The molecule has 0 spiro atoms. The van der Waals surface area contributed by atoms with Gasteiger partial charge >= 0.3 is 0 Å². The molecule has 0 saturated carbocycles. The van der Waals surface area contributed by atoms with Crippen LogP contribution < -0.4 is 5.32 Å². The lowest BCUT2D eigenvalue weighted by Crippen LogP contribution is -1.98. The van der Waals surface area contributed by atoms with Crippen molar-refractivity contribution in [3.63, 3.8) is 0 Å². The predicted octanol–water partition coefficient (Wildman–Crippen LogP) is 3.62. The fourth-order valence-electron chi connectivity index (χ4n) is 1.13. The first-order valence-corrected chi connectivity index (χ1v) is 5.80. The van der Waals surface area contributed by atoms with E-state index in [4.69, 9.17) is 11.6 Å². The molecule has 0 saturated heterocycles. The second-order valence-corrected chi connectivity index (χ2v) is 4.57. The molecule has 1 N–H and O–H groups in total.